The van der Waals surface area contributed by atoms with Crippen molar-refractivity contribution in [2.24, 2.45) is 10.2 Å². The van der Waals surface area contributed by atoms with Gasteiger partial charge in [0.25, 0.3) is 0 Å². The first-order valence-electron chi connectivity index (χ1n) is 5.48. The predicted molar refractivity (Wildman–Crippen MR) is 68.6 cm³/mol. The maximum Gasteiger partial charge on any atom is 1.00 e. The third kappa shape index (κ3) is 4.31. The van der Waals surface area contributed by atoms with E-state index in [1.807, 2.05) is 31.1 Å². The van der Waals surface area contributed by atoms with Crippen molar-refractivity contribution >= 4 is 17.2 Å². The summed E-state index contributed by atoms with van der Waals surface area (Å²) < 4.78 is 0. The van der Waals surface area contributed by atoms with Crippen molar-refractivity contribution in [1.29, 1.82) is 0 Å². The first-order chi connectivity index (χ1) is 8.66. The Morgan fingerprint density at radius 3 is 2.47 bits per heavy atom. The van der Waals surface area contributed by atoms with Crippen molar-refractivity contribution in [3.05, 3.63) is 42.6 Å². The molecular weight excluding hydrogens is 251 g/mol. The molecule has 0 unspecified atom stereocenters. The quantitative estimate of drug-likeness (QED) is 0.562. The van der Waals surface area contributed by atoms with Gasteiger partial charge in [0, 0.05) is 26.0 Å². The van der Waals surface area contributed by atoms with Crippen molar-refractivity contribution < 1.29 is 34.7 Å². The minimum atomic E-state index is -0.152. The zero-order valence-corrected chi connectivity index (χ0v) is 13.2. The van der Waals surface area contributed by atoms with Crippen LogP contribution >= 0.6 is 0 Å². The number of benzene rings is 1. The third-order valence-corrected chi connectivity index (χ3v) is 2.37. The number of anilines is 1. The summed E-state index contributed by atoms with van der Waals surface area (Å²) in [5, 5.41) is 19.6. The van der Waals surface area contributed by atoms with Crippen LogP contribution < -0.4 is 39.6 Å². The number of azo groups is 1. The van der Waals surface area contributed by atoms with Gasteiger partial charge in [0.05, 0.1) is 5.69 Å². The molecule has 0 aliphatic carbocycles. The topological polar surface area (TPSA) is 63.9 Å². The van der Waals surface area contributed by atoms with Gasteiger partial charge in [-0.05, 0) is 30.3 Å². The van der Waals surface area contributed by atoms with E-state index in [0.717, 1.165) is 5.69 Å². The van der Waals surface area contributed by atoms with Crippen LogP contribution in [0.25, 0.3) is 0 Å². The maximum atomic E-state index is 11.8. The van der Waals surface area contributed by atoms with Crippen LogP contribution in [0, 0.1) is 0 Å². The van der Waals surface area contributed by atoms with Crippen molar-refractivity contribution in [3.8, 4) is 5.75 Å². The van der Waals surface area contributed by atoms with E-state index < -0.39 is 0 Å². The maximum absolute atomic E-state index is 11.8. The Morgan fingerprint density at radius 2 is 1.89 bits per heavy atom. The van der Waals surface area contributed by atoms with Crippen LogP contribution in [-0.2, 0) is 0 Å². The van der Waals surface area contributed by atoms with Gasteiger partial charge in [-0.15, -0.1) is 10.2 Å². The average Bonchev–Trinajstić information content (AvgIpc) is 2.38. The van der Waals surface area contributed by atoms with Gasteiger partial charge in [-0.2, -0.15) is 0 Å². The van der Waals surface area contributed by atoms with Crippen LogP contribution in [0.5, 0.6) is 5.75 Å². The summed E-state index contributed by atoms with van der Waals surface area (Å²) in [4.78, 5) is 5.86. The molecule has 0 aliphatic heterocycles. The first kappa shape index (κ1) is 15.6. The minimum Gasteiger partial charge on any atom is -0.871 e. The summed E-state index contributed by atoms with van der Waals surface area (Å²) in [5.41, 5.74) is 1.16. The van der Waals surface area contributed by atoms with Crippen LogP contribution in [0.4, 0.5) is 17.2 Å². The number of nitrogens with zero attached hydrogens (tertiary/aromatic N) is 4. The molecule has 5 nitrogen and oxygen atoms in total. The number of aromatic nitrogens is 1. The third-order valence-electron chi connectivity index (χ3n) is 2.37. The second kappa shape index (κ2) is 7.23. The number of pyridine rings is 1. The monoisotopic (exact) mass is 264 g/mol. The van der Waals surface area contributed by atoms with Gasteiger partial charge < -0.3 is 10.0 Å². The Bertz CT molecular complexity index is 558. The van der Waals surface area contributed by atoms with E-state index in [0.29, 0.717) is 11.5 Å². The summed E-state index contributed by atoms with van der Waals surface area (Å²) in [6, 6.07) is 10.4. The molecule has 0 saturated heterocycles. The summed E-state index contributed by atoms with van der Waals surface area (Å²) in [5.74, 6) is 0.328. The van der Waals surface area contributed by atoms with E-state index in [1.165, 1.54) is 6.07 Å². The molecule has 19 heavy (non-hydrogen) atoms. The molecule has 0 spiro atoms. The Kier molecular flexibility index (Phi) is 5.95. The van der Waals surface area contributed by atoms with Gasteiger partial charge in [-0.3, -0.25) is 0 Å². The van der Waals surface area contributed by atoms with Gasteiger partial charge in [-0.25, -0.2) is 4.98 Å². The molecule has 0 atom stereocenters. The van der Waals surface area contributed by atoms with E-state index in [-0.39, 0.29) is 35.3 Å². The standard InChI is InChI=1S/C13H14N4O.Na/c1-17(2)10-6-7-11(12(18)9-10)15-16-13-5-3-4-8-14-13;/h3-9,18H,1-2H3;/q;+1/p-1. The van der Waals surface area contributed by atoms with Gasteiger partial charge in [0.2, 0.25) is 0 Å². The zero-order chi connectivity index (χ0) is 13.0. The molecule has 0 saturated carbocycles. The molecule has 6 heteroatoms. The van der Waals surface area contributed by atoms with E-state index >= 15 is 0 Å². The van der Waals surface area contributed by atoms with E-state index in [1.54, 1.807) is 24.4 Å². The van der Waals surface area contributed by atoms with Crippen molar-refractivity contribution in [3.63, 3.8) is 0 Å². The number of hydrogen-bond donors (Lipinski definition) is 0. The molecule has 0 radical (unpaired) electrons. The summed E-state index contributed by atoms with van der Waals surface area (Å²) >= 11 is 0. The summed E-state index contributed by atoms with van der Waals surface area (Å²) in [6.45, 7) is 0. The fourth-order valence-corrected chi connectivity index (χ4v) is 1.38. The van der Waals surface area contributed by atoms with E-state index in [2.05, 4.69) is 15.2 Å². The molecule has 2 rings (SSSR count). The fourth-order valence-electron chi connectivity index (χ4n) is 1.38. The van der Waals surface area contributed by atoms with Crippen LogP contribution in [0.3, 0.4) is 0 Å². The Hall–Kier alpha value is -1.43. The predicted octanol–water partition coefficient (Wildman–Crippen LogP) is -0.359. The molecule has 2 aromatic rings. The smallest absolute Gasteiger partial charge is 0.871 e. The summed E-state index contributed by atoms with van der Waals surface area (Å²) in [7, 11) is 3.76. The number of hydrogen-bond acceptors (Lipinski definition) is 5. The second-order valence-electron chi connectivity index (χ2n) is 3.93. The largest absolute Gasteiger partial charge is 1.00 e. The molecule has 1 aromatic heterocycles. The van der Waals surface area contributed by atoms with Crippen molar-refractivity contribution in [1.82, 2.24) is 4.98 Å². The average molecular weight is 264 g/mol. The number of rotatable bonds is 3. The molecule has 0 amide bonds. The SMILES string of the molecule is CN(C)c1ccc(N=Nc2ccccn2)c([O-])c1.[Na+]. The van der Waals surface area contributed by atoms with Crippen LogP contribution in [0.1, 0.15) is 0 Å². The minimum absolute atomic E-state index is 0. The zero-order valence-electron chi connectivity index (χ0n) is 11.2. The Morgan fingerprint density at radius 1 is 1.11 bits per heavy atom. The van der Waals surface area contributed by atoms with Gasteiger partial charge >= 0.3 is 29.6 Å². The molecule has 0 bridgehead atoms. The molecule has 0 fully saturated rings. The van der Waals surface area contributed by atoms with Crippen molar-refractivity contribution in [2.45, 2.75) is 0 Å². The van der Waals surface area contributed by atoms with Gasteiger partial charge in [0.15, 0.2) is 5.82 Å². The fraction of sp³-hybridized carbons (Fsp3) is 0.154. The molecule has 92 valence electrons. The molecule has 0 N–H and O–H groups in total. The molecule has 0 aliphatic rings. The van der Waals surface area contributed by atoms with Crippen LogP contribution in [-0.4, -0.2) is 19.1 Å². The molecule has 1 aromatic carbocycles. The van der Waals surface area contributed by atoms with Gasteiger partial charge in [-0.1, -0.05) is 11.8 Å². The normalized spacial score (nSPS) is 10.2. The van der Waals surface area contributed by atoms with Crippen molar-refractivity contribution in [2.75, 3.05) is 19.0 Å². The van der Waals surface area contributed by atoms with Crippen LogP contribution in [0.2, 0.25) is 0 Å². The van der Waals surface area contributed by atoms with E-state index in [9.17, 15) is 5.11 Å². The first-order valence-corrected chi connectivity index (χ1v) is 5.48. The van der Waals surface area contributed by atoms with Gasteiger partial charge in [0.1, 0.15) is 0 Å². The van der Waals surface area contributed by atoms with Crippen LogP contribution in [0.15, 0.2) is 52.8 Å². The second-order valence-corrected chi connectivity index (χ2v) is 3.93. The van der Waals surface area contributed by atoms with E-state index in [4.69, 9.17) is 0 Å². The summed E-state index contributed by atoms with van der Waals surface area (Å²) in [6.07, 6.45) is 1.63. The Labute approximate surface area is 134 Å². The molecular formula is C13H13N4NaO. The molecule has 1 heterocycles. The Balaban J connectivity index is 0.00000180.